The normalized spacial score (nSPS) is 15.5. The molecule has 0 radical (unpaired) electrons. The average molecular weight is 418 g/mol. The standard InChI is InChI=1S/C21H27N3O2S2/c1-4-6-7-15-8-10-16(11-9-15)22-18(25)13-27-21-23-17-12-14(3)28-19(17)20(26)24(21)5-2/h8-11,14H,4-7,12-13H2,1-3H3,(H,22,25)/t14-/m1/s1. The van der Waals surface area contributed by atoms with E-state index >= 15 is 0 Å². The lowest BCUT2D eigenvalue weighted by Crippen LogP contribution is -2.25. The summed E-state index contributed by atoms with van der Waals surface area (Å²) in [6, 6.07) is 8.02. The Morgan fingerprint density at radius 1 is 1.32 bits per heavy atom. The molecule has 1 N–H and O–H groups in total. The van der Waals surface area contributed by atoms with Crippen molar-refractivity contribution in [2.45, 2.75) is 68.3 Å². The zero-order chi connectivity index (χ0) is 20.1. The van der Waals surface area contributed by atoms with Crippen molar-refractivity contribution in [3.63, 3.8) is 0 Å². The summed E-state index contributed by atoms with van der Waals surface area (Å²) in [7, 11) is 0. The molecular weight excluding hydrogens is 390 g/mol. The van der Waals surface area contributed by atoms with Crippen LogP contribution in [0.5, 0.6) is 0 Å². The maximum Gasteiger partial charge on any atom is 0.268 e. The van der Waals surface area contributed by atoms with Crippen LogP contribution in [-0.2, 0) is 24.2 Å². The van der Waals surface area contributed by atoms with Gasteiger partial charge in [0.15, 0.2) is 5.16 Å². The molecule has 1 amide bonds. The molecule has 3 rings (SSSR count). The van der Waals surface area contributed by atoms with Crippen molar-refractivity contribution in [3.05, 3.63) is 45.9 Å². The molecule has 0 aliphatic carbocycles. The Kier molecular flexibility index (Phi) is 7.24. The molecule has 0 unspecified atom stereocenters. The van der Waals surface area contributed by atoms with Gasteiger partial charge in [-0.1, -0.05) is 44.2 Å². The lowest BCUT2D eigenvalue weighted by molar-refractivity contribution is -0.113. The molecule has 28 heavy (non-hydrogen) atoms. The third-order valence-corrected chi connectivity index (χ3v) is 6.86. The number of carbonyl (C=O) groups is 1. The first kappa shape index (κ1) is 21.0. The van der Waals surface area contributed by atoms with E-state index in [1.165, 1.54) is 30.2 Å². The molecule has 0 bridgehead atoms. The molecule has 1 aliphatic heterocycles. The van der Waals surface area contributed by atoms with E-state index in [9.17, 15) is 9.59 Å². The molecule has 1 aromatic heterocycles. The van der Waals surface area contributed by atoms with Crippen molar-refractivity contribution in [2.24, 2.45) is 0 Å². The van der Waals surface area contributed by atoms with Crippen molar-refractivity contribution in [1.82, 2.24) is 9.55 Å². The Morgan fingerprint density at radius 2 is 2.07 bits per heavy atom. The molecule has 1 aliphatic rings. The second-order valence-corrected chi connectivity index (χ2v) is 9.38. The van der Waals surface area contributed by atoms with Gasteiger partial charge >= 0.3 is 0 Å². The summed E-state index contributed by atoms with van der Waals surface area (Å²) in [4.78, 5) is 30.5. The Balaban J connectivity index is 1.62. The zero-order valence-corrected chi connectivity index (χ0v) is 18.3. The van der Waals surface area contributed by atoms with E-state index < -0.39 is 0 Å². The number of nitrogens with zero attached hydrogens (tertiary/aromatic N) is 2. The van der Waals surface area contributed by atoms with Crippen LogP contribution in [-0.4, -0.2) is 26.5 Å². The second-order valence-electron chi connectivity index (χ2n) is 6.99. The van der Waals surface area contributed by atoms with Crippen molar-refractivity contribution in [2.75, 3.05) is 11.1 Å². The van der Waals surface area contributed by atoms with Gasteiger partial charge < -0.3 is 5.32 Å². The summed E-state index contributed by atoms with van der Waals surface area (Å²) in [5, 5.41) is 3.94. The van der Waals surface area contributed by atoms with Crippen LogP contribution in [0.4, 0.5) is 5.69 Å². The van der Waals surface area contributed by atoms with Crippen molar-refractivity contribution < 1.29 is 4.79 Å². The van der Waals surface area contributed by atoms with Gasteiger partial charge in [-0.15, -0.1) is 11.8 Å². The third-order valence-electron chi connectivity index (χ3n) is 4.67. The highest BCUT2D eigenvalue weighted by atomic mass is 32.2. The third kappa shape index (κ3) is 5.00. The maximum absolute atomic E-state index is 12.7. The number of fused-ring (bicyclic) bond motifs is 1. The quantitative estimate of drug-likeness (QED) is 0.510. The van der Waals surface area contributed by atoms with Crippen LogP contribution in [0.15, 0.2) is 39.1 Å². The Labute approximate surface area is 174 Å². The van der Waals surface area contributed by atoms with Crippen LogP contribution >= 0.6 is 23.5 Å². The molecule has 1 atom stereocenters. The van der Waals surface area contributed by atoms with Gasteiger partial charge in [0.1, 0.15) is 0 Å². The van der Waals surface area contributed by atoms with Crippen LogP contribution in [0, 0.1) is 0 Å². The Morgan fingerprint density at radius 3 is 2.75 bits per heavy atom. The minimum Gasteiger partial charge on any atom is -0.325 e. The lowest BCUT2D eigenvalue weighted by atomic mass is 10.1. The van der Waals surface area contributed by atoms with Crippen molar-refractivity contribution in [3.8, 4) is 0 Å². The number of aryl methyl sites for hydroxylation is 1. The van der Waals surface area contributed by atoms with Gasteiger partial charge in [-0.3, -0.25) is 14.2 Å². The van der Waals surface area contributed by atoms with E-state index in [2.05, 4.69) is 36.3 Å². The fourth-order valence-electron chi connectivity index (χ4n) is 3.18. The molecule has 2 aromatic rings. The minimum absolute atomic E-state index is 0.0208. The first-order valence-corrected chi connectivity index (χ1v) is 11.7. The van der Waals surface area contributed by atoms with E-state index in [1.807, 2.05) is 19.1 Å². The number of hydrogen-bond donors (Lipinski definition) is 1. The van der Waals surface area contributed by atoms with E-state index in [4.69, 9.17) is 0 Å². The predicted molar refractivity (Wildman–Crippen MR) is 118 cm³/mol. The molecule has 2 heterocycles. The highest BCUT2D eigenvalue weighted by Gasteiger charge is 2.26. The SMILES string of the molecule is CCCCc1ccc(NC(=O)CSc2nc3c(c(=O)n2CC)S[C@H](C)C3)cc1. The van der Waals surface area contributed by atoms with Gasteiger partial charge in [0, 0.05) is 23.9 Å². The van der Waals surface area contributed by atoms with Crippen LogP contribution in [0.2, 0.25) is 0 Å². The van der Waals surface area contributed by atoms with Crippen LogP contribution < -0.4 is 10.9 Å². The summed E-state index contributed by atoms with van der Waals surface area (Å²) >= 11 is 2.93. The van der Waals surface area contributed by atoms with E-state index in [1.54, 1.807) is 16.3 Å². The fraction of sp³-hybridized carbons (Fsp3) is 0.476. The summed E-state index contributed by atoms with van der Waals surface area (Å²) < 4.78 is 1.67. The number of carbonyl (C=O) groups excluding carboxylic acids is 1. The van der Waals surface area contributed by atoms with E-state index in [0.29, 0.717) is 17.0 Å². The predicted octanol–water partition coefficient (Wildman–Crippen LogP) is 4.37. The summed E-state index contributed by atoms with van der Waals surface area (Å²) in [5.74, 6) is 0.136. The number of aromatic nitrogens is 2. The van der Waals surface area contributed by atoms with Gasteiger partial charge in [-0.2, -0.15) is 0 Å². The first-order chi connectivity index (χ1) is 13.5. The number of thioether (sulfide) groups is 2. The highest BCUT2D eigenvalue weighted by Crippen LogP contribution is 2.34. The van der Waals surface area contributed by atoms with Crippen LogP contribution in [0.1, 0.15) is 44.9 Å². The molecule has 0 spiro atoms. The second kappa shape index (κ2) is 9.65. The largest absolute Gasteiger partial charge is 0.325 e. The van der Waals surface area contributed by atoms with Gasteiger partial charge in [-0.25, -0.2) is 4.98 Å². The molecule has 0 saturated carbocycles. The average Bonchev–Trinajstić information content (AvgIpc) is 3.06. The number of unbranched alkanes of at least 4 members (excludes halogenated alkanes) is 1. The summed E-state index contributed by atoms with van der Waals surface area (Å²) in [6.07, 6.45) is 4.22. The minimum atomic E-state index is -0.0912. The highest BCUT2D eigenvalue weighted by molar-refractivity contribution is 8.00. The molecule has 1 aromatic carbocycles. The topological polar surface area (TPSA) is 64.0 Å². The number of benzene rings is 1. The van der Waals surface area contributed by atoms with Crippen molar-refractivity contribution >= 4 is 35.1 Å². The van der Waals surface area contributed by atoms with Crippen LogP contribution in [0.3, 0.4) is 0 Å². The molecule has 5 nitrogen and oxygen atoms in total. The van der Waals surface area contributed by atoms with Gasteiger partial charge in [-0.05, 0) is 37.5 Å². The summed E-state index contributed by atoms with van der Waals surface area (Å²) in [5.41, 5.74) is 2.98. The molecule has 0 fully saturated rings. The maximum atomic E-state index is 12.7. The number of rotatable bonds is 8. The number of amides is 1. The van der Waals surface area contributed by atoms with Gasteiger partial charge in [0.25, 0.3) is 5.56 Å². The molecule has 150 valence electrons. The first-order valence-electron chi connectivity index (χ1n) is 9.83. The van der Waals surface area contributed by atoms with E-state index in [-0.39, 0.29) is 17.2 Å². The summed E-state index contributed by atoms with van der Waals surface area (Å²) in [6.45, 7) is 6.77. The Hall–Kier alpha value is -1.73. The fourth-order valence-corrected chi connectivity index (χ4v) is 5.18. The molecular formula is C21H27N3O2S2. The van der Waals surface area contributed by atoms with Gasteiger partial charge in [0.05, 0.1) is 16.3 Å². The van der Waals surface area contributed by atoms with Gasteiger partial charge in [0.2, 0.25) is 5.91 Å². The van der Waals surface area contributed by atoms with Crippen LogP contribution in [0.25, 0.3) is 0 Å². The van der Waals surface area contributed by atoms with E-state index in [0.717, 1.165) is 29.1 Å². The lowest BCUT2D eigenvalue weighted by Gasteiger charge is -2.12. The molecule has 7 heteroatoms. The smallest absolute Gasteiger partial charge is 0.268 e. The van der Waals surface area contributed by atoms with Crippen molar-refractivity contribution in [1.29, 1.82) is 0 Å². The Bertz CT molecular complexity index is 894. The molecule has 0 saturated heterocycles. The zero-order valence-electron chi connectivity index (χ0n) is 16.7. The number of anilines is 1. The monoisotopic (exact) mass is 417 g/mol. The number of nitrogens with one attached hydrogen (secondary N) is 1. The number of hydrogen-bond acceptors (Lipinski definition) is 5.